The summed E-state index contributed by atoms with van der Waals surface area (Å²) >= 11 is 0. The van der Waals surface area contributed by atoms with Crippen LogP contribution in [-0.2, 0) is 6.54 Å². The fourth-order valence-electron chi connectivity index (χ4n) is 3.54. The lowest BCUT2D eigenvalue weighted by atomic mass is 10.2. The number of anilines is 1. The summed E-state index contributed by atoms with van der Waals surface area (Å²) in [5.74, 6) is 0.840. The molecular weight excluding hydrogens is 340 g/mol. The molecule has 1 aliphatic heterocycles. The second-order valence-electron chi connectivity index (χ2n) is 7.23. The molecule has 1 amide bonds. The third kappa shape index (κ3) is 4.42. The number of pyridine rings is 1. The number of carbonyl (C=O) groups is 1. The van der Waals surface area contributed by atoms with E-state index < -0.39 is 0 Å². The van der Waals surface area contributed by atoms with Crippen molar-refractivity contribution in [1.29, 1.82) is 0 Å². The van der Waals surface area contributed by atoms with E-state index in [1.165, 1.54) is 5.56 Å². The second-order valence-corrected chi connectivity index (χ2v) is 7.23. The van der Waals surface area contributed by atoms with E-state index in [1.807, 2.05) is 27.7 Å². The van der Waals surface area contributed by atoms with Gasteiger partial charge in [-0.15, -0.1) is 0 Å². The van der Waals surface area contributed by atoms with Gasteiger partial charge in [-0.1, -0.05) is 0 Å². The number of rotatable bonds is 5. The molecule has 0 saturated carbocycles. The predicted molar refractivity (Wildman–Crippen MR) is 106 cm³/mol. The molecular formula is C20H28N6O. The molecule has 0 bridgehead atoms. The van der Waals surface area contributed by atoms with Gasteiger partial charge in [-0.25, -0.2) is 9.97 Å². The van der Waals surface area contributed by atoms with Gasteiger partial charge in [0.1, 0.15) is 5.82 Å². The van der Waals surface area contributed by atoms with Crippen LogP contribution in [0.25, 0.3) is 0 Å². The SMILES string of the molecule is CNC(=O)c1nc(C)c(C)c(N2CC[C@@H](NCc3cc(C)nc(C)c3)C2)n1. The average Bonchev–Trinajstić information content (AvgIpc) is 3.09. The van der Waals surface area contributed by atoms with Crippen molar-refractivity contribution in [2.45, 2.75) is 46.7 Å². The standard InChI is InChI=1S/C20H28N6O/c1-12-8-16(9-13(2)23-12)10-22-17-6-7-26(11-17)19-14(3)15(4)24-18(25-19)20(27)21-5/h8-9,17,22H,6-7,10-11H2,1-5H3,(H,21,27)/t17-/m1/s1. The number of amides is 1. The first-order valence-electron chi connectivity index (χ1n) is 9.37. The molecule has 7 heteroatoms. The molecule has 2 aromatic rings. The normalized spacial score (nSPS) is 16.6. The first-order chi connectivity index (χ1) is 12.9. The Balaban J connectivity index is 1.68. The number of aryl methyl sites for hydroxylation is 3. The van der Waals surface area contributed by atoms with Crippen molar-refractivity contribution in [2.24, 2.45) is 0 Å². The molecule has 2 N–H and O–H groups in total. The highest BCUT2D eigenvalue weighted by atomic mass is 16.2. The molecule has 144 valence electrons. The van der Waals surface area contributed by atoms with E-state index in [0.29, 0.717) is 6.04 Å². The lowest BCUT2D eigenvalue weighted by molar-refractivity contribution is 0.0952. The van der Waals surface area contributed by atoms with Crippen LogP contribution in [0.4, 0.5) is 5.82 Å². The topological polar surface area (TPSA) is 83.0 Å². The number of nitrogens with one attached hydrogen (secondary N) is 2. The predicted octanol–water partition coefficient (Wildman–Crippen LogP) is 1.83. The molecule has 2 aromatic heterocycles. The maximum absolute atomic E-state index is 12.0. The minimum absolute atomic E-state index is 0.231. The van der Waals surface area contributed by atoms with Crippen molar-refractivity contribution in [3.05, 3.63) is 46.2 Å². The third-order valence-electron chi connectivity index (χ3n) is 5.02. The number of carbonyl (C=O) groups excluding carboxylic acids is 1. The molecule has 1 aliphatic rings. The Morgan fingerprint density at radius 1 is 1.15 bits per heavy atom. The zero-order valence-corrected chi connectivity index (χ0v) is 16.8. The summed E-state index contributed by atoms with van der Waals surface area (Å²) < 4.78 is 0. The van der Waals surface area contributed by atoms with Crippen LogP contribution in [-0.4, -0.2) is 47.0 Å². The van der Waals surface area contributed by atoms with E-state index in [9.17, 15) is 4.79 Å². The molecule has 1 fully saturated rings. The summed E-state index contributed by atoms with van der Waals surface area (Å²) in [6.45, 7) is 10.6. The third-order valence-corrected chi connectivity index (χ3v) is 5.02. The fourth-order valence-corrected chi connectivity index (χ4v) is 3.54. The lowest BCUT2D eigenvalue weighted by Crippen LogP contribution is -2.33. The monoisotopic (exact) mass is 368 g/mol. The quantitative estimate of drug-likeness (QED) is 0.838. The maximum Gasteiger partial charge on any atom is 0.288 e. The Morgan fingerprint density at radius 3 is 2.52 bits per heavy atom. The largest absolute Gasteiger partial charge is 0.355 e. The van der Waals surface area contributed by atoms with Gasteiger partial charge in [-0.2, -0.15) is 0 Å². The molecule has 3 rings (SSSR count). The molecule has 0 spiro atoms. The van der Waals surface area contributed by atoms with Crippen LogP contribution in [0.15, 0.2) is 12.1 Å². The fraction of sp³-hybridized carbons (Fsp3) is 0.500. The Morgan fingerprint density at radius 2 is 1.85 bits per heavy atom. The summed E-state index contributed by atoms with van der Waals surface area (Å²) in [4.78, 5) is 27.5. The maximum atomic E-state index is 12.0. The van der Waals surface area contributed by atoms with Crippen molar-refractivity contribution in [1.82, 2.24) is 25.6 Å². The number of aromatic nitrogens is 3. The molecule has 0 radical (unpaired) electrons. The number of hydrogen-bond acceptors (Lipinski definition) is 6. The van der Waals surface area contributed by atoms with Crippen LogP contribution in [0.1, 0.15) is 45.2 Å². The molecule has 3 heterocycles. The van der Waals surface area contributed by atoms with Crippen molar-refractivity contribution in [3.8, 4) is 0 Å². The highest BCUT2D eigenvalue weighted by Gasteiger charge is 2.26. The van der Waals surface area contributed by atoms with Gasteiger partial charge in [-0.3, -0.25) is 9.78 Å². The van der Waals surface area contributed by atoms with Gasteiger partial charge in [0.2, 0.25) is 5.82 Å². The summed E-state index contributed by atoms with van der Waals surface area (Å²) in [6, 6.07) is 4.64. The summed E-state index contributed by atoms with van der Waals surface area (Å²) in [5, 5.41) is 6.24. The summed E-state index contributed by atoms with van der Waals surface area (Å²) in [5.41, 5.74) is 5.23. The van der Waals surface area contributed by atoms with E-state index in [1.54, 1.807) is 7.05 Å². The molecule has 0 aromatic carbocycles. The van der Waals surface area contributed by atoms with E-state index in [4.69, 9.17) is 0 Å². The van der Waals surface area contributed by atoms with Gasteiger partial charge in [-0.05, 0) is 51.8 Å². The van der Waals surface area contributed by atoms with Gasteiger partial charge < -0.3 is 15.5 Å². The van der Waals surface area contributed by atoms with Crippen LogP contribution in [0.2, 0.25) is 0 Å². The van der Waals surface area contributed by atoms with Crippen LogP contribution < -0.4 is 15.5 Å². The van der Waals surface area contributed by atoms with Gasteiger partial charge in [0.25, 0.3) is 5.91 Å². The Labute approximate surface area is 160 Å². The van der Waals surface area contributed by atoms with Crippen molar-refractivity contribution in [2.75, 3.05) is 25.0 Å². The van der Waals surface area contributed by atoms with E-state index in [0.717, 1.165) is 54.5 Å². The average molecular weight is 368 g/mol. The van der Waals surface area contributed by atoms with Gasteiger partial charge in [0, 0.05) is 55.4 Å². The van der Waals surface area contributed by atoms with Crippen LogP contribution in [0.5, 0.6) is 0 Å². The zero-order chi connectivity index (χ0) is 19.6. The molecule has 7 nitrogen and oxygen atoms in total. The minimum atomic E-state index is -0.253. The molecule has 0 aliphatic carbocycles. The Bertz CT molecular complexity index is 830. The first kappa shape index (κ1) is 19.2. The molecule has 0 unspecified atom stereocenters. The lowest BCUT2D eigenvalue weighted by Gasteiger charge is -2.21. The molecule has 1 saturated heterocycles. The zero-order valence-electron chi connectivity index (χ0n) is 16.8. The van der Waals surface area contributed by atoms with E-state index >= 15 is 0 Å². The smallest absolute Gasteiger partial charge is 0.288 e. The van der Waals surface area contributed by atoms with Crippen LogP contribution in [0, 0.1) is 27.7 Å². The number of hydrogen-bond donors (Lipinski definition) is 2. The summed E-state index contributed by atoms with van der Waals surface area (Å²) in [6.07, 6.45) is 1.04. The first-order valence-corrected chi connectivity index (χ1v) is 9.37. The summed E-state index contributed by atoms with van der Waals surface area (Å²) in [7, 11) is 1.60. The number of nitrogens with zero attached hydrogens (tertiary/aromatic N) is 4. The van der Waals surface area contributed by atoms with E-state index in [-0.39, 0.29) is 11.7 Å². The minimum Gasteiger partial charge on any atom is -0.355 e. The van der Waals surface area contributed by atoms with Gasteiger partial charge in [0.15, 0.2) is 0 Å². The second kappa shape index (κ2) is 8.00. The highest BCUT2D eigenvalue weighted by Crippen LogP contribution is 2.24. The van der Waals surface area contributed by atoms with E-state index in [2.05, 4.69) is 42.6 Å². The van der Waals surface area contributed by atoms with Crippen molar-refractivity contribution < 1.29 is 4.79 Å². The Kier molecular flexibility index (Phi) is 5.70. The highest BCUT2D eigenvalue weighted by molar-refractivity contribution is 5.90. The molecule has 27 heavy (non-hydrogen) atoms. The van der Waals surface area contributed by atoms with Gasteiger partial charge >= 0.3 is 0 Å². The molecule has 1 atom stereocenters. The Hall–Kier alpha value is -2.54. The van der Waals surface area contributed by atoms with Crippen molar-refractivity contribution >= 4 is 11.7 Å². The van der Waals surface area contributed by atoms with Crippen molar-refractivity contribution in [3.63, 3.8) is 0 Å². The van der Waals surface area contributed by atoms with Crippen LogP contribution in [0.3, 0.4) is 0 Å². The van der Waals surface area contributed by atoms with Gasteiger partial charge in [0.05, 0.1) is 0 Å². The van der Waals surface area contributed by atoms with Crippen LogP contribution >= 0.6 is 0 Å².